The Hall–Kier alpha value is -1.37. The first-order chi connectivity index (χ1) is 9.69. The van der Waals surface area contributed by atoms with Crippen LogP contribution in [0.2, 0.25) is 0 Å². The molecule has 2 heterocycles. The third-order valence-corrected chi connectivity index (χ3v) is 4.72. The molecule has 0 spiro atoms. The number of hydrogen-bond acceptors (Lipinski definition) is 4. The first-order valence-electron chi connectivity index (χ1n) is 6.71. The monoisotopic (exact) mass is 381 g/mol. The summed E-state index contributed by atoms with van der Waals surface area (Å²) in [6.45, 7) is 2.70. The number of nitrogen functional groups attached to an aromatic ring is 1. The lowest BCUT2D eigenvalue weighted by Gasteiger charge is -2.24. The van der Waals surface area contributed by atoms with Crippen LogP contribution in [0.15, 0.2) is 24.3 Å². The second-order valence-corrected chi connectivity index (χ2v) is 5.98. The van der Waals surface area contributed by atoms with E-state index in [0.29, 0.717) is 12.4 Å². The summed E-state index contributed by atoms with van der Waals surface area (Å²) in [7, 11) is 0. The average Bonchev–Trinajstić information content (AvgIpc) is 2.49. The summed E-state index contributed by atoms with van der Waals surface area (Å²) in [6.07, 6.45) is 1.77. The highest BCUT2D eigenvalue weighted by atomic mass is 127. The number of benzene rings is 1. The van der Waals surface area contributed by atoms with Gasteiger partial charge in [0.25, 0.3) is 0 Å². The van der Waals surface area contributed by atoms with Gasteiger partial charge in [0, 0.05) is 0 Å². The summed E-state index contributed by atoms with van der Waals surface area (Å²) in [6, 6.07) is 8.13. The Morgan fingerprint density at radius 1 is 1.35 bits per heavy atom. The summed E-state index contributed by atoms with van der Waals surface area (Å²) in [5, 5.41) is 0. The Morgan fingerprint density at radius 3 is 2.95 bits per heavy atom. The third kappa shape index (κ3) is 2.46. The van der Waals surface area contributed by atoms with E-state index in [2.05, 4.69) is 45.5 Å². The molecule has 0 saturated carbocycles. The summed E-state index contributed by atoms with van der Waals surface area (Å²) in [4.78, 5) is 9.13. The molecule has 2 aromatic rings. The van der Waals surface area contributed by atoms with Gasteiger partial charge in [-0.2, -0.15) is 0 Å². The van der Waals surface area contributed by atoms with Gasteiger partial charge in [0.15, 0.2) is 0 Å². The molecule has 1 aliphatic rings. The van der Waals surface area contributed by atoms with E-state index in [1.165, 1.54) is 5.56 Å². The molecule has 0 fully saturated rings. The smallest absolute Gasteiger partial charge is 0.140 e. The zero-order valence-corrected chi connectivity index (χ0v) is 13.4. The number of para-hydroxylation sites is 1. The zero-order valence-electron chi connectivity index (χ0n) is 11.3. The van der Waals surface area contributed by atoms with Crippen molar-refractivity contribution in [2.75, 3.05) is 12.3 Å². The maximum Gasteiger partial charge on any atom is 0.140 e. The normalized spacial score (nSPS) is 17.4. The molecule has 2 N–H and O–H groups in total. The summed E-state index contributed by atoms with van der Waals surface area (Å²) < 4.78 is 6.78. The predicted molar refractivity (Wildman–Crippen MR) is 86.9 cm³/mol. The molecule has 0 bridgehead atoms. The lowest BCUT2D eigenvalue weighted by Crippen LogP contribution is -2.22. The number of aromatic nitrogens is 2. The minimum Gasteiger partial charge on any atom is -0.493 e. The summed E-state index contributed by atoms with van der Waals surface area (Å²) >= 11 is 2.21. The Morgan fingerprint density at radius 2 is 2.15 bits per heavy atom. The van der Waals surface area contributed by atoms with E-state index in [4.69, 9.17) is 10.5 Å². The van der Waals surface area contributed by atoms with Crippen LogP contribution in [0, 0.1) is 3.57 Å². The Balaban J connectivity index is 1.93. The Labute approximate surface area is 131 Å². The van der Waals surface area contributed by atoms with Crippen LogP contribution in [0.1, 0.15) is 29.9 Å². The molecule has 1 aromatic heterocycles. The number of fused-ring (bicyclic) bond motifs is 1. The number of anilines is 1. The molecule has 0 saturated heterocycles. The maximum atomic E-state index is 6.00. The van der Waals surface area contributed by atoms with Gasteiger partial charge < -0.3 is 10.5 Å². The molecule has 0 radical (unpaired) electrons. The molecule has 1 aromatic carbocycles. The van der Waals surface area contributed by atoms with E-state index in [1.807, 2.05) is 18.2 Å². The van der Waals surface area contributed by atoms with Crippen molar-refractivity contribution >= 4 is 28.4 Å². The molecule has 1 unspecified atom stereocenters. The topological polar surface area (TPSA) is 61.0 Å². The van der Waals surface area contributed by atoms with Crippen molar-refractivity contribution in [3.8, 4) is 5.75 Å². The molecule has 20 heavy (non-hydrogen) atoms. The van der Waals surface area contributed by atoms with Crippen LogP contribution < -0.4 is 10.5 Å². The van der Waals surface area contributed by atoms with Crippen molar-refractivity contribution in [1.29, 1.82) is 0 Å². The van der Waals surface area contributed by atoms with Gasteiger partial charge in [0.05, 0.1) is 21.8 Å². The molecule has 1 aliphatic heterocycles. The molecular weight excluding hydrogens is 365 g/mol. The molecule has 0 aliphatic carbocycles. The van der Waals surface area contributed by atoms with Crippen molar-refractivity contribution in [3.63, 3.8) is 0 Å². The largest absolute Gasteiger partial charge is 0.493 e. The van der Waals surface area contributed by atoms with Crippen LogP contribution in [0.4, 0.5) is 5.82 Å². The maximum absolute atomic E-state index is 6.00. The number of halogens is 1. The van der Waals surface area contributed by atoms with Crippen LogP contribution >= 0.6 is 22.6 Å². The molecular formula is C15H16IN3O. The van der Waals surface area contributed by atoms with Crippen LogP contribution in [-0.4, -0.2) is 16.6 Å². The van der Waals surface area contributed by atoms with E-state index < -0.39 is 0 Å². The lowest BCUT2D eigenvalue weighted by atomic mass is 9.96. The fourth-order valence-electron chi connectivity index (χ4n) is 2.44. The number of nitrogens with zero attached hydrogens (tertiary/aromatic N) is 2. The van der Waals surface area contributed by atoms with Gasteiger partial charge in [-0.25, -0.2) is 9.97 Å². The average molecular weight is 381 g/mol. The molecule has 5 heteroatoms. The molecule has 1 atom stereocenters. The fraction of sp³-hybridized carbons (Fsp3) is 0.333. The number of hydrogen-bond donors (Lipinski definition) is 1. The van der Waals surface area contributed by atoms with Gasteiger partial charge in [0.2, 0.25) is 0 Å². The van der Waals surface area contributed by atoms with Gasteiger partial charge in [-0.3, -0.25) is 0 Å². The van der Waals surface area contributed by atoms with Gasteiger partial charge in [-0.05, 0) is 47.1 Å². The second-order valence-electron chi connectivity index (χ2n) is 4.90. The van der Waals surface area contributed by atoms with Crippen LogP contribution in [0.5, 0.6) is 5.75 Å². The first-order valence-corrected chi connectivity index (χ1v) is 7.79. The van der Waals surface area contributed by atoms with Crippen LogP contribution in [0.25, 0.3) is 0 Å². The molecule has 3 rings (SSSR count). The standard InChI is InChI=1S/C15H16IN3O/c1-2-11-13(16)14(17)19-15(18-11)10-7-9-5-3-4-6-12(9)20-8-10/h3-6,10H,2,7-8H2,1H3,(H2,17,18,19). The summed E-state index contributed by atoms with van der Waals surface area (Å²) in [5.74, 6) is 2.52. The number of aryl methyl sites for hydroxylation is 1. The number of rotatable bonds is 2. The molecule has 0 amide bonds. The van der Waals surface area contributed by atoms with Gasteiger partial charge in [-0.15, -0.1) is 0 Å². The number of nitrogens with two attached hydrogens (primary N) is 1. The highest BCUT2D eigenvalue weighted by molar-refractivity contribution is 14.1. The Bertz CT molecular complexity index is 645. The van der Waals surface area contributed by atoms with Crippen molar-refractivity contribution in [1.82, 2.24) is 9.97 Å². The highest BCUT2D eigenvalue weighted by Gasteiger charge is 2.24. The van der Waals surface area contributed by atoms with Crippen molar-refractivity contribution < 1.29 is 4.74 Å². The third-order valence-electron chi connectivity index (χ3n) is 3.54. The zero-order chi connectivity index (χ0) is 14.1. The second kappa shape index (κ2) is 5.55. The Kier molecular flexibility index (Phi) is 3.78. The van der Waals surface area contributed by atoms with Gasteiger partial charge in [0.1, 0.15) is 17.4 Å². The lowest BCUT2D eigenvalue weighted by molar-refractivity contribution is 0.257. The quantitative estimate of drug-likeness (QED) is 0.813. The van der Waals surface area contributed by atoms with Gasteiger partial charge >= 0.3 is 0 Å². The molecule has 104 valence electrons. The minimum absolute atomic E-state index is 0.175. The van der Waals surface area contributed by atoms with Crippen molar-refractivity contribution in [2.24, 2.45) is 0 Å². The predicted octanol–water partition coefficient (Wildman–Crippen LogP) is 2.94. The van der Waals surface area contributed by atoms with E-state index in [0.717, 1.165) is 33.7 Å². The fourth-order valence-corrected chi connectivity index (χ4v) is 3.07. The minimum atomic E-state index is 0.175. The van der Waals surface area contributed by atoms with Gasteiger partial charge in [-0.1, -0.05) is 25.1 Å². The van der Waals surface area contributed by atoms with Crippen LogP contribution in [-0.2, 0) is 12.8 Å². The van der Waals surface area contributed by atoms with Crippen LogP contribution in [0.3, 0.4) is 0 Å². The van der Waals surface area contributed by atoms with Crippen molar-refractivity contribution in [3.05, 3.63) is 44.9 Å². The van der Waals surface area contributed by atoms with E-state index in [-0.39, 0.29) is 5.92 Å². The highest BCUT2D eigenvalue weighted by Crippen LogP contribution is 2.31. The first kappa shape index (κ1) is 13.6. The summed E-state index contributed by atoms with van der Waals surface area (Å²) in [5.41, 5.74) is 8.23. The van der Waals surface area contributed by atoms with E-state index in [9.17, 15) is 0 Å². The van der Waals surface area contributed by atoms with E-state index >= 15 is 0 Å². The number of ether oxygens (including phenoxy) is 1. The SMILES string of the molecule is CCc1nc(C2COc3ccccc3C2)nc(N)c1I. The van der Waals surface area contributed by atoms with Crippen molar-refractivity contribution in [2.45, 2.75) is 25.7 Å². The molecule has 4 nitrogen and oxygen atoms in total. The van der Waals surface area contributed by atoms with E-state index in [1.54, 1.807) is 0 Å².